The molecule has 1 unspecified atom stereocenters. The fourth-order valence-corrected chi connectivity index (χ4v) is 2.15. The summed E-state index contributed by atoms with van der Waals surface area (Å²) < 4.78 is 19.3. The predicted octanol–water partition coefficient (Wildman–Crippen LogP) is 1.54. The number of nitrogens with zero attached hydrogens (tertiary/aromatic N) is 2. The van der Waals surface area contributed by atoms with Gasteiger partial charge in [0.15, 0.2) is 0 Å². The quantitative estimate of drug-likeness (QED) is 0.872. The molecule has 0 amide bonds. The van der Waals surface area contributed by atoms with E-state index in [9.17, 15) is 4.39 Å². The third-order valence-electron chi connectivity index (χ3n) is 2.96. The van der Waals surface area contributed by atoms with Gasteiger partial charge in [0.25, 0.3) is 0 Å². The summed E-state index contributed by atoms with van der Waals surface area (Å²) in [6, 6.07) is 2.91. The highest BCUT2D eigenvalue weighted by Gasteiger charge is 2.26. The zero-order chi connectivity index (χ0) is 12.5. The van der Waals surface area contributed by atoms with Crippen molar-refractivity contribution in [2.24, 2.45) is 5.73 Å². The van der Waals surface area contributed by atoms with E-state index in [2.05, 4.69) is 9.97 Å². The Labute approximate surface area is 104 Å². The van der Waals surface area contributed by atoms with Gasteiger partial charge in [-0.25, -0.2) is 4.39 Å². The monoisotopic (exact) mass is 245 g/mol. The molecule has 2 aromatic rings. The molecule has 1 atom stereocenters. The van der Waals surface area contributed by atoms with Crippen LogP contribution in [0.1, 0.15) is 5.56 Å². The van der Waals surface area contributed by atoms with Gasteiger partial charge in [-0.3, -0.25) is 9.97 Å². The standard InChI is InChI=1S/C13H12FN3O/c14-9-3-8-4-10(6-15)18-13(8)11(5-9)12-7-16-1-2-17-12/h1-3,5,7,10H,4,6,15H2. The molecule has 18 heavy (non-hydrogen) atoms. The molecule has 92 valence electrons. The molecule has 0 radical (unpaired) electrons. The van der Waals surface area contributed by atoms with Crippen molar-refractivity contribution in [2.45, 2.75) is 12.5 Å². The molecule has 0 saturated heterocycles. The Hall–Kier alpha value is -2.01. The van der Waals surface area contributed by atoms with E-state index < -0.39 is 0 Å². The molecule has 0 bridgehead atoms. The van der Waals surface area contributed by atoms with Crippen LogP contribution in [0.25, 0.3) is 11.3 Å². The summed E-state index contributed by atoms with van der Waals surface area (Å²) in [4.78, 5) is 8.17. The van der Waals surface area contributed by atoms with Crippen molar-refractivity contribution in [3.8, 4) is 17.0 Å². The van der Waals surface area contributed by atoms with Crippen LogP contribution in [0, 0.1) is 5.82 Å². The lowest BCUT2D eigenvalue weighted by Crippen LogP contribution is -2.24. The van der Waals surface area contributed by atoms with Crippen LogP contribution in [0.3, 0.4) is 0 Å². The smallest absolute Gasteiger partial charge is 0.132 e. The van der Waals surface area contributed by atoms with Crippen LogP contribution < -0.4 is 10.5 Å². The molecule has 4 nitrogen and oxygen atoms in total. The van der Waals surface area contributed by atoms with E-state index in [-0.39, 0.29) is 11.9 Å². The van der Waals surface area contributed by atoms with Gasteiger partial charge in [0.1, 0.15) is 17.7 Å². The second-order valence-electron chi connectivity index (χ2n) is 4.21. The number of nitrogens with two attached hydrogens (primary N) is 1. The van der Waals surface area contributed by atoms with Gasteiger partial charge in [0, 0.05) is 36.5 Å². The molecule has 5 heteroatoms. The molecule has 2 N–H and O–H groups in total. The second-order valence-corrected chi connectivity index (χ2v) is 4.21. The van der Waals surface area contributed by atoms with Crippen molar-refractivity contribution in [3.05, 3.63) is 42.1 Å². The first-order valence-electron chi connectivity index (χ1n) is 5.73. The average molecular weight is 245 g/mol. The van der Waals surface area contributed by atoms with Gasteiger partial charge in [-0.15, -0.1) is 0 Å². The number of halogens is 1. The molecule has 2 heterocycles. The lowest BCUT2D eigenvalue weighted by atomic mass is 10.0. The van der Waals surface area contributed by atoms with Crippen LogP contribution in [-0.4, -0.2) is 22.6 Å². The molecular formula is C13H12FN3O. The molecule has 1 aromatic heterocycles. The van der Waals surface area contributed by atoms with Crippen LogP contribution in [0.15, 0.2) is 30.7 Å². The Morgan fingerprint density at radius 1 is 1.39 bits per heavy atom. The number of ether oxygens (including phenoxy) is 1. The van der Waals surface area contributed by atoms with Crippen LogP contribution in [0.4, 0.5) is 4.39 Å². The van der Waals surface area contributed by atoms with Crippen molar-refractivity contribution in [3.63, 3.8) is 0 Å². The maximum atomic E-state index is 13.6. The van der Waals surface area contributed by atoms with Crippen molar-refractivity contribution in [1.29, 1.82) is 0 Å². The highest BCUT2D eigenvalue weighted by molar-refractivity contribution is 5.69. The Morgan fingerprint density at radius 2 is 2.28 bits per heavy atom. The number of rotatable bonds is 2. The highest BCUT2D eigenvalue weighted by Crippen LogP contribution is 2.38. The normalized spacial score (nSPS) is 17.3. The molecule has 1 aliphatic heterocycles. The maximum Gasteiger partial charge on any atom is 0.132 e. The van der Waals surface area contributed by atoms with E-state index in [1.54, 1.807) is 18.6 Å². The molecule has 3 rings (SSSR count). The molecule has 1 aromatic carbocycles. The first-order valence-corrected chi connectivity index (χ1v) is 5.73. The molecule has 1 aliphatic rings. The SMILES string of the molecule is NCC1Cc2cc(F)cc(-c3cnccn3)c2O1. The van der Waals surface area contributed by atoms with Crippen molar-refractivity contribution >= 4 is 0 Å². The maximum absolute atomic E-state index is 13.6. The summed E-state index contributed by atoms with van der Waals surface area (Å²) in [7, 11) is 0. The highest BCUT2D eigenvalue weighted by atomic mass is 19.1. The number of aromatic nitrogens is 2. The number of hydrogen-bond acceptors (Lipinski definition) is 4. The van der Waals surface area contributed by atoms with Gasteiger partial charge in [0.2, 0.25) is 0 Å². The van der Waals surface area contributed by atoms with Gasteiger partial charge < -0.3 is 10.5 Å². The van der Waals surface area contributed by atoms with Gasteiger partial charge in [-0.2, -0.15) is 0 Å². The zero-order valence-corrected chi connectivity index (χ0v) is 9.64. The fourth-order valence-electron chi connectivity index (χ4n) is 2.15. The molecule has 0 aliphatic carbocycles. The summed E-state index contributed by atoms with van der Waals surface area (Å²) in [5.41, 5.74) is 7.67. The largest absolute Gasteiger partial charge is 0.488 e. The second kappa shape index (κ2) is 4.34. The van der Waals surface area contributed by atoms with Crippen molar-refractivity contribution in [2.75, 3.05) is 6.54 Å². The Bertz CT molecular complexity index is 574. The molecule has 0 spiro atoms. The third kappa shape index (κ3) is 1.82. The van der Waals surface area contributed by atoms with Crippen molar-refractivity contribution in [1.82, 2.24) is 9.97 Å². The molecule has 0 saturated carbocycles. The van der Waals surface area contributed by atoms with Gasteiger partial charge in [-0.05, 0) is 12.1 Å². The summed E-state index contributed by atoms with van der Waals surface area (Å²) in [6.07, 6.45) is 5.29. The van der Waals surface area contributed by atoms with E-state index in [0.29, 0.717) is 30.0 Å². The van der Waals surface area contributed by atoms with E-state index in [1.165, 1.54) is 12.1 Å². The fraction of sp³-hybridized carbons (Fsp3) is 0.231. The number of fused-ring (bicyclic) bond motifs is 1. The van der Waals surface area contributed by atoms with Gasteiger partial charge in [-0.1, -0.05) is 0 Å². The van der Waals surface area contributed by atoms with E-state index >= 15 is 0 Å². The van der Waals surface area contributed by atoms with Crippen molar-refractivity contribution < 1.29 is 9.13 Å². The minimum Gasteiger partial charge on any atom is -0.488 e. The minimum absolute atomic E-state index is 0.0859. The Balaban J connectivity index is 2.12. The third-order valence-corrected chi connectivity index (χ3v) is 2.96. The van der Waals surface area contributed by atoms with E-state index in [4.69, 9.17) is 10.5 Å². The van der Waals surface area contributed by atoms with Crippen LogP contribution in [0.5, 0.6) is 5.75 Å². The lowest BCUT2D eigenvalue weighted by Gasteiger charge is -2.10. The number of hydrogen-bond donors (Lipinski definition) is 1. The minimum atomic E-state index is -0.296. The lowest BCUT2D eigenvalue weighted by molar-refractivity contribution is 0.242. The van der Waals surface area contributed by atoms with E-state index in [0.717, 1.165) is 5.56 Å². The first-order chi connectivity index (χ1) is 8.78. The average Bonchev–Trinajstić information content (AvgIpc) is 2.81. The van der Waals surface area contributed by atoms with Gasteiger partial charge in [0.05, 0.1) is 11.9 Å². The molecular weight excluding hydrogens is 233 g/mol. The first kappa shape index (κ1) is 11.1. The van der Waals surface area contributed by atoms with Crippen LogP contribution >= 0.6 is 0 Å². The summed E-state index contributed by atoms with van der Waals surface area (Å²) in [5.74, 6) is 0.378. The predicted molar refractivity (Wildman–Crippen MR) is 64.6 cm³/mol. The number of benzene rings is 1. The Kier molecular flexibility index (Phi) is 2.68. The Morgan fingerprint density at radius 3 is 3.00 bits per heavy atom. The zero-order valence-electron chi connectivity index (χ0n) is 9.64. The summed E-state index contributed by atoms with van der Waals surface area (Å²) in [5, 5.41) is 0. The molecule has 0 fully saturated rings. The topological polar surface area (TPSA) is 61.0 Å². The summed E-state index contributed by atoms with van der Waals surface area (Å²) in [6.45, 7) is 0.413. The van der Waals surface area contributed by atoms with E-state index in [1.807, 2.05) is 0 Å². The summed E-state index contributed by atoms with van der Waals surface area (Å²) >= 11 is 0. The van der Waals surface area contributed by atoms with Gasteiger partial charge >= 0.3 is 0 Å². The van der Waals surface area contributed by atoms with Crippen LogP contribution in [-0.2, 0) is 6.42 Å². The van der Waals surface area contributed by atoms with Crippen LogP contribution in [0.2, 0.25) is 0 Å².